The molecular weight excluding hydrogens is 481 g/mol. The predicted octanol–water partition coefficient (Wildman–Crippen LogP) is 1.36. The van der Waals surface area contributed by atoms with Crippen LogP contribution in [0.3, 0.4) is 0 Å². The quantitative estimate of drug-likeness (QED) is 0.532. The number of carbonyl (C=O) groups is 1. The molecule has 36 heavy (non-hydrogen) atoms. The second-order valence-electron chi connectivity index (χ2n) is 9.11. The van der Waals surface area contributed by atoms with Crippen molar-refractivity contribution >= 4 is 5.97 Å². The van der Waals surface area contributed by atoms with Gasteiger partial charge in [0.05, 0.1) is 12.7 Å². The number of likely N-dealkylation sites (tertiary alicyclic amines) is 1. The number of hydrogen-bond acceptors (Lipinski definition) is 6. The molecule has 2 aliphatic rings. The van der Waals surface area contributed by atoms with Crippen LogP contribution < -0.4 is 11.1 Å². The van der Waals surface area contributed by atoms with E-state index in [-0.39, 0.29) is 5.92 Å². The van der Waals surface area contributed by atoms with Crippen LogP contribution in [0.25, 0.3) is 0 Å². The van der Waals surface area contributed by atoms with Crippen molar-refractivity contribution in [3.63, 3.8) is 0 Å². The van der Waals surface area contributed by atoms with Gasteiger partial charge in [-0.3, -0.25) is 23.7 Å². The minimum absolute atomic E-state index is 0.184. The van der Waals surface area contributed by atoms with Crippen LogP contribution in [0.2, 0.25) is 0 Å². The van der Waals surface area contributed by atoms with Gasteiger partial charge in [-0.15, -0.1) is 0 Å². The first kappa shape index (κ1) is 25.4. The van der Waals surface area contributed by atoms with Gasteiger partial charge in [0, 0.05) is 56.8 Å². The van der Waals surface area contributed by atoms with E-state index in [0.29, 0.717) is 19.0 Å². The molecule has 4 heterocycles. The number of fused-ring (bicyclic) bond motifs is 3. The summed E-state index contributed by atoms with van der Waals surface area (Å²) < 4.78 is 36.5. The van der Waals surface area contributed by atoms with E-state index in [0.717, 1.165) is 36.6 Å². The molecule has 0 radical (unpaired) electrons. The molecule has 0 bridgehead atoms. The van der Waals surface area contributed by atoms with Gasteiger partial charge in [0.1, 0.15) is 5.82 Å². The van der Waals surface area contributed by atoms with Crippen molar-refractivity contribution in [2.45, 2.75) is 38.7 Å². The number of hydrogen-bond donors (Lipinski definition) is 1. The van der Waals surface area contributed by atoms with E-state index < -0.39 is 23.3 Å². The minimum Gasteiger partial charge on any atom is -0.475 e. The Hall–Kier alpha value is -3.74. The van der Waals surface area contributed by atoms with Gasteiger partial charge in [0.15, 0.2) is 0 Å². The molecule has 1 fully saturated rings. The van der Waals surface area contributed by atoms with Gasteiger partial charge >= 0.3 is 23.3 Å². The molecule has 192 valence electrons. The molecule has 1 aromatic carbocycles. The topological polar surface area (TPSA) is 115 Å². The largest absolute Gasteiger partial charge is 0.490 e. The number of carboxylic acids is 1. The summed E-state index contributed by atoms with van der Waals surface area (Å²) in [5, 5.41) is 16.0. The highest BCUT2D eigenvalue weighted by Crippen LogP contribution is 2.37. The van der Waals surface area contributed by atoms with E-state index in [1.54, 1.807) is 4.57 Å². The van der Waals surface area contributed by atoms with Crippen molar-refractivity contribution in [2.24, 2.45) is 13.0 Å². The predicted molar refractivity (Wildman–Crippen MR) is 121 cm³/mol. The fourth-order valence-corrected chi connectivity index (χ4v) is 4.59. The van der Waals surface area contributed by atoms with Crippen molar-refractivity contribution in [3.05, 3.63) is 79.9 Å². The number of alkyl halides is 3. The van der Waals surface area contributed by atoms with Crippen LogP contribution in [0.15, 0.2) is 46.2 Å². The van der Waals surface area contributed by atoms with E-state index in [1.165, 1.54) is 10.2 Å². The number of carboxylic acid groups (broad SMARTS) is 1. The highest BCUT2D eigenvalue weighted by molar-refractivity contribution is 5.73. The standard InChI is InChI=1S/C21H24N6O2.C2HF3O2/c1-14-3-5-15(6-4-14)10-27-21(29)20(28)26-12-17-11-25(13-18(17)19(26)23-27)9-16-7-22-24(2)8-16;3-2(4,5)1(6)7/h3-8,17-18H,9-13H2,1-2H3;(H,6,7). The molecule has 2 atom stereocenters. The summed E-state index contributed by atoms with van der Waals surface area (Å²) in [6.45, 7) is 5.50. The molecule has 0 aliphatic carbocycles. The Morgan fingerprint density at radius 1 is 1.06 bits per heavy atom. The summed E-state index contributed by atoms with van der Waals surface area (Å²) in [7, 11) is 1.92. The zero-order valence-corrected chi connectivity index (χ0v) is 19.6. The summed E-state index contributed by atoms with van der Waals surface area (Å²) in [6, 6.07) is 7.96. The number of rotatable bonds is 4. The lowest BCUT2D eigenvalue weighted by Gasteiger charge is -2.17. The molecule has 13 heteroatoms. The summed E-state index contributed by atoms with van der Waals surface area (Å²) in [6.07, 6.45) is -1.16. The number of benzene rings is 1. The normalized spacial score (nSPS) is 18.9. The Balaban J connectivity index is 0.000000384. The first-order valence-corrected chi connectivity index (χ1v) is 11.2. The Bertz CT molecular complexity index is 1380. The smallest absolute Gasteiger partial charge is 0.475 e. The van der Waals surface area contributed by atoms with E-state index >= 15 is 0 Å². The van der Waals surface area contributed by atoms with Gasteiger partial charge in [-0.25, -0.2) is 9.48 Å². The Morgan fingerprint density at radius 2 is 1.72 bits per heavy atom. The summed E-state index contributed by atoms with van der Waals surface area (Å²) in [5.74, 6) is -1.50. The number of halogens is 3. The maximum atomic E-state index is 12.7. The molecule has 1 N–H and O–H groups in total. The van der Waals surface area contributed by atoms with Gasteiger partial charge in [0.25, 0.3) is 0 Å². The van der Waals surface area contributed by atoms with Crippen LogP contribution in [0.4, 0.5) is 13.2 Å². The minimum atomic E-state index is -5.08. The van der Waals surface area contributed by atoms with Crippen molar-refractivity contribution in [3.8, 4) is 0 Å². The summed E-state index contributed by atoms with van der Waals surface area (Å²) in [5.41, 5.74) is 2.32. The van der Waals surface area contributed by atoms with Gasteiger partial charge in [-0.2, -0.15) is 23.4 Å². The van der Waals surface area contributed by atoms with Crippen molar-refractivity contribution in [1.29, 1.82) is 0 Å². The number of aliphatic carboxylic acids is 1. The molecule has 2 aromatic heterocycles. The van der Waals surface area contributed by atoms with E-state index in [1.807, 2.05) is 55.3 Å². The first-order valence-electron chi connectivity index (χ1n) is 11.2. The van der Waals surface area contributed by atoms with E-state index in [2.05, 4.69) is 15.1 Å². The van der Waals surface area contributed by atoms with Crippen LogP contribution in [-0.4, -0.2) is 59.4 Å². The SMILES string of the molecule is Cc1ccc(Cn2nc3n(c(=O)c2=O)CC2CN(Cc4cnn(C)c4)CC32)cc1.O=C(O)C(F)(F)F. The third-order valence-corrected chi connectivity index (χ3v) is 6.29. The molecular formula is C23H25F3N6O4. The average Bonchev–Trinajstić information content (AvgIpc) is 3.48. The lowest BCUT2D eigenvalue weighted by molar-refractivity contribution is -0.192. The average molecular weight is 506 g/mol. The zero-order chi connectivity index (χ0) is 26.2. The molecule has 3 aromatic rings. The fourth-order valence-electron chi connectivity index (χ4n) is 4.59. The van der Waals surface area contributed by atoms with Crippen molar-refractivity contribution in [1.82, 2.24) is 29.0 Å². The molecule has 2 aliphatic heterocycles. The van der Waals surface area contributed by atoms with Gasteiger partial charge in [0.2, 0.25) is 0 Å². The number of nitrogens with zero attached hydrogens (tertiary/aromatic N) is 6. The molecule has 1 saturated heterocycles. The van der Waals surface area contributed by atoms with Crippen LogP contribution in [-0.2, 0) is 31.5 Å². The third-order valence-electron chi connectivity index (χ3n) is 6.29. The number of aryl methyl sites for hydroxylation is 2. The Labute approximate surface area is 203 Å². The molecule has 0 saturated carbocycles. The molecule has 5 rings (SSSR count). The lowest BCUT2D eigenvalue weighted by atomic mass is 10.00. The molecule has 0 spiro atoms. The third kappa shape index (κ3) is 5.40. The fraction of sp³-hybridized carbons (Fsp3) is 0.435. The van der Waals surface area contributed by atoms with E-state index in [4.69, 9.17) is 9.90 Å². The van der Waals surface area contributed by atoms with Crippen molar-refractivity contribution in [2.75, 3.05) is 13.1 Å². The maximum Gasteiger partial charge on any atom is 0.490 e. The van der Waals surface area contributed by atoms with Crippen LogP contribution in [0.5, 0.6) is 0 Å². The van der Waals surface area contributed by atoms with Gasteiger partial charge < -0.3 is 5.11 Å². The summed E-state index contributed by atoms with van der Waals surface area (Å²) in [4.78, 5) is 36.6. The highest BCUT2D eigenvalue weighted by Gasteiger charge is 2.42. The second-order valence-corrected chi connectivity index (χ2v) is 9.11. The molecule has 10 nitrogen and oxygen atoms in total. The molecule has 2 unspecified atom stereocenters. The monoisotopic (exact) mass is 506 g/mol. The van der Waals surface area contributed by atoms with Gasteiger partial charge in [-0.1, -0.05) is 29.8 Å². The van der Waals surface area contributed by atoms with Crippen molar-refractivity contribution < 1.29 is 23.1 Å². The number of aromatic nitrogens is 5. The Kier molecular flexibility index (Phi) is 6.85. The molecule has 0 amide bonds. The maximum absolute atomic E-state index is 12.7. The second kappa shape index (κ2) is 9.72. The van der Waals surface area contributed by atoms with Crippen LogP contribution in [0.1, 0.15) is 28.4 Å². The highest BCUT2D eigenvalue weighted by atomic mass is 19.4. The summed E-state index contributed by atoms with van der Waals surface area (Å²) >= 11 is 0. The zero-order valence-electron chi connectivity index (χ0n) is 19.6. The van der Waals surface area contributed by atoms with Crippen LogP contribution >= 0.6 is 0 Å². The van der Waals surface area contributed by atoms with Crippen LogP contribution in [0, 0.1) is 12.8 Å². The Morgan fingerprint density at radius 3 is 2.31 bits per heavy atom. The van der Waals surface area contributed by atoms with E-state index in [9.17, 15) is 22.8 Å². The lowest BCUT2D eigenvalue weighted by Crippen LogP contribution is -2.44. The first-order chi connectivity index (χ1) is 16.9. The van der Waals surface area contributed by atoms with Gasteiger partial charge in [-0.05, 0) is 12.5 Å².